The molecule has 0 amide bonds. The van der Waals surface area contributed by atoms with Crippen LogP contribution in [0.3, 0.4) is 0 Å². The van der Waals surface area contributed by atoms with Gasteiger partial charge >= 0.3 is 0 Å². The lowest BCUT2D eigenvalue weighted by Crippen LogP contribution is -2.49. The molecule has 1 saturated carbocycles. The number of fused-ring (bicyclic) bond motifs is 1. The van der Waals surface area contributed by atoms with Gasteiger partial charge < -0.3 is 5.32 Å². The van der Waals surface area contributed by atoms with Crippen LogP contribution in [0.1, 0.15) is 20.3 Å². The van der Waals surface area contributed by atoms with Crippen LogP contribution in [-0.2, 0) is 0 Å². The molecule has 1 nitrogen and oxygen atoms in total. The highest BCUT2D eigenvalue weighted by atomic mass is 15.2. The van der Waals surface area contributed by atoms with Gasteiger partial charge in [0.25, 0.3) is 0 Å². The first kappa shape index (κ1) is 3.90. The van der Waals surface area contributed by atoms with Crippen molar-refractivity contribution in [3.63, 3.8) is 0 Å². The topological polar surface area (TPSA) is 12.0 Å². The summed E-state index contributed by atoms with van der Waals surface area (Å²) in [7, 11) is 0. The summed E-state index contributed by atoms with van der Waals surface area (Å²) < 4.78 is 0. The smallest absolute Gasteiger partial charge is 0.0226 e. The zero-order chi connectivity index (χ0) is 5.12. The second-order valence-corrected chi connectivity index (χ2v) is 3.42. The molecule has 1 saturated heterocycles. The largest absolute Gasteiger partial charge is 0.310 e. The van der Waals surface area contributed by atoms with E-state index in [2.05, 4.69) is 19.2 Å². The maximum atomic E-state index is 3.40. The molecule has 0 aromatic carbocycles. The van der Waals surface area contributed by atoms with Gasteiger partial charge in [-0.1, -0.05) is 6.92 Å². The normalized spacial score (nSPS) is 66.0. The highest BCUT2D eigenvalue weighted by Crippen LogP contribution is 2.61. The Balaban J connectivity index is 2.26. The van der Waals surface area contributed by atoms with Gasteiger partial charge in [-0.15, -0.1) is 0 Å². The molecular formula is C6H11N. The summed E-state index contributed by atoms with van der Waals surface area (Å²) in [6.07, 6.45) is 1.40. The molecule has 1 aliphatic carbocycles. The number of hydrogen-bond acceptors (Lipinski definition) is 1. The maximum absolute atomic E-state index is 3.40. The van der Waals surface area contributed by atoms with Crippen LogP contribution in [0.5, 0.6) is 0 Å². The van der Waals surface area contributed by atoms with Gasteiger partial charge in [-0.2, -0.15) is 0 Å². The summed E-state index contributed by atoms with van der Waals surface area (Å²) in [6.45, 7) is 5.91. The monoisotopic (exact) mass is 97.1 g/mol. The Bertz CT molecular complexity index is 107. The quantitative estimate of drug-likeness (QED) is 0.470. The molecule has 1 aliphatic heterocycles. The number of hydrogen-bond donors (Lipinski definition) is 1. The first-order valence-corrected chi connectivity index (χ1v) is 2.91. The lowest BCUT2D eigenvalue weighted by molar-refractivity contribution is 0.273. The molecule has 0 spiro atoms. The van der Waals surface area contributed by atoms with Crippen molar-refractivity contribution in [3.8, 4) is 0 Å². The van der Waals surface area contributed by atoms with Crippen molar-refractivity contribution < 1.29 is 0 Å². The molecule has 7 heavy (non-hydrogen) atoms. The second-order valence-electron chi connectivity index (χ2n) is 3.42. The molecule has 2 aliphatic rings. The predicted molar refractivity (Wildman–Crippen MR) is 29.1 cm³/mol. The fourth-order valence-electron chi connectivity index (χ4n) is 1.55. The molecule has 2 atom stereocenters. The molecule has 2 rings (SSSR count). The van der Waals surface area contributed by atoms with Crippen molar-refractivity contribution in [1.29, 1.82) is 0 Å². The standard InChI is InChI=1S/C6H11N/c1-5-3-6(5,2)7-4-5/h7H,3-4H2,1-2H3. The molecule has 2 fully saturated rings. The predicted octanol–water partition coefficient (Wildman–Crippen LogP) is 0.758. The summed E-state index contributed by atoms with van der Waals surface area (Å²) >= 11 is 0. The Kier molecular flexibility index (Phi) is 0.365. The molecule has 1 heterocycles. The highest BCUT2D eigenvalue weighted by molar-refractivity contribution is 5.25. The minimum Gasteiger partial charge on any atom is -0.310 e. The Morgan fingerprint density at radius 3 is 2.00 bits per heavy atom. The molecule has 1 N–H and O–H groups in total. The lowest BCUT2D eigenvalue weighted by Gasteiger charge is -2.31. The van der Waals surface area contributed by atoms with Gasteiger partial charge in [0.05, 0.1) is 0 Å². The van der Waals surface area contributed by atoms with Gasteiger partial charge in [0, 0.05) is 12.1 Å². The van der Waals surface area contributed by atoms with Gasteiger partial charge in [-0.05, 0) is 18.8 Å². The van der Waals surface area contributed by atoms with Crippen LogP contribution in [0.15, 0.2) is 0 Å². The Morgan fingerprint density at radius 1 is 1.43 bits per heavy atom. The first-order chi connectivity index (χ1) is 3.16. The van der Waals surface area contributed by atoms with E-state index in [0.717, 1.165) is 0 Å². The number of rotatable bonds is 0. The van der Waals surface area contributed by atoms with E-state index in [1.165, 1.54) is 13.0 Å². The van der Waals surface area contributed by atoms with Gasteiger partial charge in [0.2, 0.25) is 0 Å². The molecule has 0 aromatic heterocycles. The van der Waals surface area contributed by atoms with E-state index in [1.807, 2.05) is 0 Å². The average Bonchev–Trinajstić information content (AvgIpc) is 1.89. The fourth-order valence-corrected chi connectivity index (χ4v) is 1.55. The second kappa shape index (κ2) is 0.655. The Labute approximate surface area is 44.1 Å². The van der Waals surface area contributed by atoms with E-state index in [0.29, 0.717) is 11.0 Å². The van der Waals surface area contributed by atoms with Crippen molar-refractivity contribution in [2.75, 3.05) is 6.54 Å². The first-order valence-electron chi connectivity index (χ1n) is 2.91. The molecule has 0 aromatic rings. The van der Waals surface area contributed by atoms with E-state index in [9.17, 15) is 0 Å². The van der Waals surface area contributed by atoms with Crippen molar-refractivity contribution in [3.05, 3.63) is 0 Å². The molecule has 40 valence electrons. The van der Waals surface area contributed by atoms with Crippen LogP contribution < -0.4 is 5.32 Å². The van der Waals surface area contributed by atoms with Crippen molar-refractivity contribution >= 4 is 0 Å². The molecule has 1 heteroatoms. The summed E-state index contributed by atoms with van der Waals surface area (Å²) in [6, 6.07) is 0. The van der Waals surface area contributed by atoms with Gasteiger partial charge in [-0.25, -0.2) is 0 Å². The average molecular weight is 97.2 g/mol. The molecule has 0 bridgehead atoms. The third kappa shape index (κ3) is 0.235. The Hall–Kier alpha value is -0.0400. The Morgan fingerprint density at radius 2 is 2.00 bits per heavy atom. The van der Waals surface area contributed by atoms with Crippen molar-refractivity contribution in [2.45, 2.75) is 25.8 Å². The third-order valence-corrected chi connectivity index (χ3v) is 2.82. The highest BCUT2D eigenvalue weighted by Gasteiger charge is 2.67. The van der Waals surface area contributed by atoms with Crippen LogP contribution in [0.25, 0.3) is 0 Å². The summed E-state index contributed by atoms with van der Waals surface area (Å²) in [5.41, 5.74) is 1.29. The minimum atomic E-state index is 0.576. The van der Waals surface area contributed by atoms with Crippen LogP contribution in [-0.4, -0.2) is 12.1 Å². The van der Waals surface area contributed by atoms with Crippen LogP contribution in [0.2, 0.25) is 0 Å². The zero-order valence-electron chi connectivity index (χ0n) is 4.91. The number of nitrogens with one attached hydrogen (secondary N) is 1. The molecule has 0 radical (unpaired) electrons. The fraction of sp³-hybridized carbons (Fsp3) is 1.00. The molecular weight excluding hydrogens is 86.1 g/mol. The van der Waals surface area contributed by atoms with Crippen molar-refractivity contribution in [2.24, 2.45) is 5.41 Å². The van der Waals surface area contributed by atoms with Gasteiger partial charge in [0.1, 0.15) is 0 Å². The molecule has 2 unspecified atom stereocenters. The van der Waals surface area contributed by atoms with Crippen LogP contribution in [0, 0.1) is 5.41 Å². The van der Waals surface area contributed by atoms with E-state index in [4.69, 9.17) is 0 Å². The van der Waals surface area contributed by atoms with E-state index >= 15 is 0 Å². The van der Waals surface area contributed by atoms with Crippen LogP contribution >= 0.6 is 0 Å². The van der Waals surface area contributed by atoms with E-state index in [-0.39, 0.29) is 0 Å². The maximum Gasteiger partial charge on any atom is 0.0226 e. The van der Waals surface area contributed by atoms with E-state index in [1.54, 1.807) is 0 Å². The third-order valence-electron chi connectivity index (χ3n) is 2.82. The van der Waals surface area contributed by atoms with Gasteiger partial charge in [0.15, 0.2) is 0 Å². The zero-order valence-corrected chi connectivity index (χ0v) is 4.91. The minimum absolute atomic E-state index is 0.576. The van der Waals surface area contributed by atoms with Crippen LogP contribution in [0.4, 0.5) is 0 Å². The lowest BCUT2D eigenvalue weighted by atomic mass is 9.96. The SMILES string of the molecule is CC12CNC1(C)C2. The summed E-state index contributed by atoms with van der Waals surface area (Å²) in [4.78, 5) is 0. The van der Waals surface area contributed by atoms with Crippen molar-refractivity contribution in [1.82, 2.24) is 5.32 Å². The summed E-state index contributed by atoms with van der Waals surface area (Å²) in [5.74, 6) is 0. The van der Waals surface area contributed by atoms with Gasteiger partial charge in [-0.3, -0.25) is 0 Å². The summed E-state index contributed by atoms with van der Waals surface area (Å²) in [5, 5.41) is 3.40. The van der Waals surface area contributed by atoms with E-state index < -0.39 is 0 Å².